The Morgan fingerprint density at radius 3 is 2.30 bits per heavy atom. The maximum absolute atomic E-state index is 12.4. The minimum Gasteiger partial charge on any atom is -0.456 e. The molecule has 2 heterocycles. The second kappa shape index (κ2) is 8.02. The number of carbonyl (C=O) groups is 3. The van der Waals surface area contributed by atoms with Gasteiger partial charge in [-0.05, 0) is 31.2 Å². The van der Waals surface area contributed by atoms with Gasteiger partial charge < -0.3 is 19.5 Å². The van der Waals surface area contributed by atoms with Crippen LogP contribution in [0.25, 0.3) is 0 Å². The topological polar surface area (TPSA) is 82.9 Å². The number of furan rings is 1. The van der Waals surface area contributed by atoms with Crippen LogP contribution in [0.4, 0.5) is 5.69 Å². The zero-order valence-electron chi connectivity index (χ0n) is 14.5. The predicted molar refractivity (Wildman–Crippen MR) is 101 cm³/mol. The van der Waals surface area contributed by atoms with E-state index in [0.29, 0.717) is 18.8 Å². The Labute approximate surface area is 165 Å². The molecule has 0 radical (unpaired) electrons. The van der Waals surface area contributed by atoms with Crippen LogP contribution in [0.2, 0.25) is 10.0 Å². The Kier molecular flexibility index (Phi) is 5.72. The van der Waals surface area contributed by atoms with Crippen LogP contribution in [0.15, 0.2) is 34.7 Å². The van der Waals surface area contributed by atoms with E-state index in [4.69, 9.17) is 27.6 Å². The first-order chi connectivity index (χ1) is 12.9. The summed E-state index contributed by atoms with van der Waals surface area (Å²) in [6.07, 6.45) is 0. The van der Waals surface area contributed by atoms with Gasteiger partial charge in [0.1, 0.15) is 5.76 Å². The third-order valence-electron chi connectivity index (χ3n) is 4.20. The maximum atomic E-state index is 12.4. The molecule has 1 aliphatic heterocycles. The highest BCUT2D eigenvalue weighted by Gasteiger charge is 2.29. The summed E-state index contributed by atoms with van der Waals surface area (Å²) in [6, 6.07) is 8.10. The molecule has 1 fully saturated rings. The molecular weight excluding hydrogens is 393 g/mol. The quantitative estimate of drug-likeness (QED) is 0.772. The van der Waals surface area contributed by atoms with Crippen molar-refractivity contribution in [2.24, 2.45) is 0 Å². The normalized spacial score (nSPS) is 14.2. The van der Waals surface area contributed by atoms with Crippen molar-refractivity contribution in [3.63, 3.8) is 0 Å². The fourth-order valence-electron chi connectivity index (χ4n) is 2.74. The molecule has 0 spiro atoms. The van der Waals surface area contributed by atoms with Gasteiger partial charge in [0.05, 0.1) is 15.7 Å². The van der Waals surface area contributed by atoms with E-state index < -0.39 is 11.8 Å². The third-order valence-corrected chi connectivity index (χ3v) is 5.02. The molecule has 3 rings (SSSR count). The van der Waals surface area contributed by atoms with E-state index in [1.807, 2.05) is 0 Å². The maximum Gasteiger partial charge on any atom is 0.313 e. The van der Waals surface area contributed by atoms with E-state index >= 15 is 0 Å². The second-order valence-electron chi connectivity index (χ2n) is 6.05. The molecular formula is C18H17Cl2N3O4. The number of benzene rings is 1. The van der Waals surface area contributed by atoms with Crippen molar-refractivity contribution in [3.05, 3.63) is 51.9 Å². The van der Waals surface area contributed by atoms with Crippen LogP contribution < -0.4 is 5.32 Å². The van der Waals surface area contributed by atoms with E-state index in [2.05, 4.69) is 5.32 Å². The van der Waals surface area contributed by atoms with Crippen LogP contribution in [0.3, 0.4) is 0 Å². The van der Waals surface area contributed by atoms with E-state index in [-0.39, 0.29) is 40.5 Å². The average molecular weight is 410 g/mol. The van der Waals surface area contributed by atoms with Gasteiger partial charge in [-0.15, -0.1) is 0 Å². The number of carbonyl (C=O) groups excluding carboxylic acids is 3. The summed E-state index contributed by atoms with van der Waals surface area (Å²) in [5.74, 6) is -0.804. The van der Waals surface area contributed by atoms with E-state index in [1.54, 1.807) is 42.2 Å². The molecule has 0 bridgehead atoms. The highest BCUT2D eigenvalue weighted by Crippen LogP contribution is 2.29. The molecule has 2 aromatic rings. The van der Waals surface area contributed by atoms with Crippen molar-refractivity contribution in [2.45, 2.75) is 6.92 Å². The summed E-state index contributed by atoms with van der Waals surface area (Å²) in [4.78, 5) is 39.9. The Morgan fingerprint density at radius 1 is 1.00 bits per heavy atom. The molecule has 142 valence electrons. The Bertz CT molecular complexity index is 888. The van der Waals surface area contributed by atoms with Crippen LogP contribution >= 0.6 is 23.2 Å². The zero-order chi connectivity index (χ0) is 19.6. The lowest BCUT2D eigenvalue weighted by Gasteiger charge is -2.33. The number of hydrogen-bond acceptors (Lipinski definition) is 4. The lowest BCUT2D eigenvalue weighted by Crippen LogP contribution is -2.53. The standard InChI is InChI=1S/C18H17Cl2N3O4/c1-11-5-6-14(27-11)17(25)22-7-9-23(10-8-22)18(26)16(24)21-13-4-2-3-12(19)15(13)20/h2-6H,7-10H2,1H3,(H,21,24). The van der Waals surface area contributed by atoms with Crippen molar-refractivity contribution >= 4 is 46.6 Å². The SMILES string of the molecule is Cc1ccc(C(=O)N2CCN(C(=O)C(=O)Nc3cccc(Cl)c3Cl)CC2)o1. The van der Waals surface area contributed by atoms with Crippen LogP contribution in [-0.2, 0) is 9.59 Å². The molecule has 0 saturated carbocycles. The number of amides is 3. The van der Waals surface area contributed by atoms with E-state index in [9.17, 15) is 14.4 Å². The number of piperazine rings is 1. The van der Waals surface area contributed by atoms with Gasteiger partial charge in [0.25, 0.3) is 5.91 Å². The summed E-state index contributed by atoms with van der Waals surface area (Å²) >= 11 is 11.9. The van der Waals surface area contributed by atoms with Crippen LogP contribution in [0.5, 0.6) is 0 Å². The summed E-state index contributed by atoms with van der Waals surface area (Å²) in [6.45, 7) is 2.89. The van der Waals surface area contributed by atoms with Crippen molar-refractivity contribution < 1.29 is 18.8 Å². The molecule has 9 heteroatoms. The molecule has 0 atom stereocenters. The summed E-state index contributed by atoms with van der Waals surface area (Å²) in [5, 5.41) is 2.92. The lowest BCUT2D eigenvalue weighted by molar-refractivity contribution is -0.144. The first-order valence-corrected chi connectivity index (χ1v) is 9.02. The van der Waals surface area contributed by atoms with Gasteiger partial charge in [-0.1, -0.05) is 29.3 Å². The number of rotatable bonds is 2. The van der Waals surface area contributed by atoms with Gasteiger partial charge in [0.2, 0.25) is 0 Å². The molecule has 27 heavy (non-hydrogen) atoms. The molecule has 7 nitrogen and oxygen atoms in total. The van der Waals surface area contributed by atoms with Crippen LogP contribution in [0, 0.1) is 6.92 Å². The highest BCUT2D eigenvalue weighted by atomic mass is 35.5. The van der Waals surface area contributed by atoms with Gasteiger partial charge in [0, 0.05) is 26.2 Å². The molecule has 0 unspecified atom stereocenters. The predicted octanol–water partition coefficient (Wildman–Crippen LogP) is 2.82. The van der Waals surface area contributed by atoms with Gasteiger partial charge in [0.15, 0.2) is 5.76 Å². The third kappa shape index (κ3) is 4.26. The molecule has 1 aliphatic rings. The number of halogens is 2. The molecule has 1 aromatic carbocycles. The van der Waals surface area contributed by atoms with E-state index in [1.165, 1.54) is 4.90 Å². The molecule has 0 aliphatic carbocycles. The van der Waals surface area contributed by atoms with Crippen LogP contribution in [0.1, 0.15) is 16.3 Å². The van der Waals surface area contributed by atoms with E-state index in [0.717, 1.165) is 0 Å². The minimum absolute atomic E-state index is 0.171. The number of aryl methyl sites for hydroxylation is 1. The molecule has 3 amide bonds. The van der Waals surface area contributed by atoms with Crippen molar-refractivity contribution in [3.8, 4) is 0 Å². The van der Waals surface area contributed by atoms with Gasteiger partial charge in [-0.25, -0.2) is 0 Å². The Balaban J connectivity index is 1.57. The first kappa shape index (κ1) is 19.3. The smallest absolute Gasteiger partial charge is 0.313 e. The average Bonchev–Trinajstić information content (AvgIpc) is 3.10. The molecule has 1 N–H and O–H groups in total. The summed E-state index contributed by atoms with van der Waals surface area (Å²) in [7, 11) is 0. The van der Waals surface area contributed by atoms with Gasteiger partial charge in [-0.2, -0.15) is 0 Å². The zero-order valence-corrected chi connectivity index (χ0v) is 16.0. The van der Waals surface area contributed by atoms with Crippen LogP contribution in [-0.4, -0.2) is 53.7 Å². The number of hydrogen-bond donors (Lipinski definition) is 1. The fourth-order valence-corrected chi connectivity index (χ4v) is 3.09. The van der Waals surface area contributed by atoms with Crippen molar-refractivity contribution in [1.82, 2.24) is 9.80 Å². The van der Waals surface area contributed by atoms with Gasteiger partial charge in [-0.3, -0.25) is 14.4 Å². The largest absolute Gasteiger partial charge is 0.456 e. The number of anilines is 1. The molecule has 1 saturated heterocycles. The van der Waals surface area contributed by atoms with Gasteiger partial charge >= 0.3 is 11.8 Å². The highest BCUT2D eigenvalue weighted by molar-refractivity contribution is 6.45. The summed E-state index contributed by atoms with van der Waals surface area (Å²) in [5.41, 5.74) is 0.268. The minimum atomic E-state index is -0.805. The lowest BCUT2D eigenvalue weighted by atomic mass is 10.2. The Morgan fingerprint density at radius 2 is 1.67 bits per heavy atom. The monoisotopic (exact) mass is 409 g/mol. The molecule has 1 aromatic heterocycles. The first-order valence-electron chi connectivity index (χ1n) is 8.27. The Hall–Kier alpha value is -2.51. The number of nitrogens with zero attached hydrogens (tertiary/aromatic N) is 2. The number of nitrogens with one attached hydrogen (secondary N) is 1. The fraction of sp³-hybridized carbons (Fsp3) is 0.278. The van der Waals surface area contributed by atoms with Crippen molar-refractivity contribution in [2.75, 3.05) is 31.5 Å². The van der Waals surface area contributed by atoms with Crippen molar-refractivity contribution in [1.29, 1.82) is 0 Å². The second-order valence-corrected chi connectivity index (χ2v) is 6.84. The summed E-state index contributed by atoms with van der Waals surface area (Å²) < 4.78 is 5.34.